The molecule has 2 aliphatic heterocycles. The number of nitrogens with zero attached hydrogens (tertiary/aromatic N) is 4. The minimum Gasteiger partial charge on any atom is -0.409 e. The Hall–Kier alpha value is -2.41. The summed E-state index contributed by atoms with van der Waals surface area (Å²) in [6.45, 7) is 10.0. The highest BCUT2D eigenvalue weighted by molar-refractivity contribution is 7.99. The fourth-order valence-electron chi connectivity index (χ4n) is 4.10. The van der Waals surface area contributed by atoms with Crippen molar-refractivity contribution in [2.75, 3.05) is 19.3 Å². The summed E-state index contributed by atoms with van der Waals surface area (Å²) in [5.41, 5.74) is 8.60. The number of imide groups is 1. The number of carbonyl (C=O) groups is 3. The second-order valence-electron chi connectivity index (χ2n) is 10.6. The molecule has 0 spiro atoms. The van der Waals surface area contributed by atoms with Crippen molar-refractivity contribution in [2.24, 2.45) is 5.11 Å². The molecule has 1 fully saturated rings. The summed E-state index contributed by atoms with van der Waals surface area (Å²) in [6, 6.07) is 5.59. The van der Waals surface area contributed by atoms with Crippen LogP contribution in [-0.4, -0.2) is 85.2 Å². The molecule has 0 unspecified atom stereocenters. The number of amides is 3. The van der Waals surface area contributed by atoms with E-state index in [2.05, 4.69) is 36.1 Å². The maximum atomic E-state index is 13.5. The van der Waals surface area contributed by atoms with Gasteiger partial charge in [-0.25, -0.2) is 0 Å². The topological polar surface area (TPSA) is 154 Å². The lowest BCUT2D eigenvalue weighted by molar-refractivity contribution is -0.163. The van der Waals surface area contributed by atoms with Crippen LogP contribution in [0.25, 0.3) is 10.4 Å². The predicted molar refractivity (Wildman–Crippen MR) is 143 cm³/mol. The van der Waals surface area contributed by atoms with Crippen LogP contribution in [0.4, 0.5) is 0 Å². The van der Waals surface area contributed by atoms with Gasteiger partial charge in [0.1, 0.15) is 17.6 Å². The van der Waals surface area contributed by atoms with Gasteiger partial charge in [0.2, 0.25) is 5.91 Å². The highest BCUT2D eigenvalue weighted by Crippen LogP contribution is 2.43. The summed E-state index contributed by atoms with van der Waals surface area (Å²) in [5, 5.41) is 17.4. The Morgan fingerprint density at radius 2 is 1.86 bits per heavy atom. The molecule has 0 aliphatic carbocycles. The van der Waals surface area contributed by atoms with Crippen molar-refractivity contribution in [3.8, 4) is 0 Å². The Bertz CT molecular complexity index is 1050. The first-order valence-electron chi connectivity index (χ1n) is 12.2. The van der Waals surface area contributed by atoms with E-state index >= 15 is 0 Å². The smallest absolute Gasteiger partial charge is 0.262 e. The normalized spacial score (nSPS) is 26.0. The average molecular weight is 550 g/mol. The number of fused-ring (bicyclic) bond motifs is 1. The van der Waals surface area contributed by atoms with Crippen molar-refractivity contribution in [1.29, 1.82) is 0 Å². The largest absolute Gasteiger partial charge is 0.409 e. The summed E-state index contributed by atoms with van der Waals surface area (Å²) < 4.78 is 12.9. The highest BCUT2D eigenvalue weighted by atomic mass is 32.2. The molecule has 202 valence electrons. The Morgan fingerprint density at radius 1 is 1.27 bits per heavy atom. The summed E-state index contributed by atoms with van der Waals surface area (Å²) >= 11 is 1.26. The minimum atomic E-state index is -2.54. The molecule has 1 aromatic carbocycles. The molecular weight excluding hydrogens is 514 g/mol. The summed E-state index contributed by atoms with van der Waals surface area (Å²) in [5.74, 6) is -0.812. The molecule has 1 saturated heterocycles. The monoisotopic (exact) mass is 549 g/mol. The molecule has 1 aromatic rings. The van der Waals surface area contributed by atoms with Gasteiger partial charge in [0.25, 0.3) is 11.8 Å². The van der Waals surface area contributed by atoms with Gasteiger partial charge < -0.3 is 19.6 Å². The average Bonchev–Trinajstić information content (AvgIpc) is 3.09. The van der Waals surface area contributed by atoms with Crippen LogP contribution in [0.2, 0.25) is 18.1 Å². The number of ether oxygens (including phenoxy) is 1. The van der Waals surface area contributed by atoms with Crippen molar-refractivity contribution < 1.29 is 28.7 Å². The van der Waals surface area contributed by atoms with Crippen LogP contribution in [0.5, 0.6) is 0 Å². The zero-order valence-corrected chi connectivity index (χ0v) is 23.8. The van der Waals surface area contributed by atoms with Crippen LogP contribution in [0.15, 0.2) is 29.4 Å². The summed E-state index contributed by atoms with van der Waals surface area (Å²) in [6.07, 6.45) is -3.00. The number of nitrogens with one attached hydrogen (secondary N) is 1. The minimum absolute atomic E-state index is 0.156. The summed E-state index contributed by atoms with van der Waals surface area (Å²) in [4.78, 5) is 42.9. The van der Waals surface area contributed by atoms with Gasteiger partial charge in [-0.05, 0) is 35.8 Å². The van der Waals surface area contributed by atoms with Crippen LogP contribution < -0.4 is 5.32 Å². The van der Waals surface area contributed by atoms with E-state index in [1.54, 1.807) is 31.3 Å². The predicted octanol–water partition coefficient (Wildman–Crippen LogP) is 3.31. The molecule has 37 heavy (non-hydrogen) atoms. The van der Waals surface area contributed by atoms with Crippen molar-refractivity contribution in [1.82, 2.24) is 10.2 Å². The number of aliphatic hydroxyl groups is 1. The standard InChI is InChI=1S/C24H35N5O6SSi/c1-24(2,3)37(5,6)35-20-18(29-21(32)14-9-7-8-10-15(14)22(29)33)23(36-12-11-17(30)26-4)34-16(19(20)31)13-27-28-25/h7-10,16,18-20,23,31H,11-13H2,1-6H3,(H,26,30)/t16-,18-,19-,20-,23+/m1/s1. The lowest BCUT2D eigenvalue weighted by Gasteiger charge is -2.50. The fourth-order valence-corrected chi connectivity index (χ4v) is 6.65. The van der Waals surface area contributed by atoms with Gasteiger partial charge in [0.05, 0.1) is 29.9 Å². The molecule has 11 nitrogen and oxygen atoms in total. The number of carbonyl (C=O) groups excluding carboxylic acids is 3. The molecule has 2 heterocycles. The number of hydrogen-bond acceptors (Lipinski definition) is 8. The van der Waals surface area contributed by atoms with Crippen molar-refractivity contribution >= 4 is 37.8 Å². The molecule has 3 rings (SSSR count). The molecule has 2 N–H and O–H groups in total. The molecule has 2 aliphatic rings. The lowest BCUT2D eigenvalue weighted by atomic mass is 9.96. The molecule has 13 heteroatoms. The zero-order chi connectivity index (χ0) is 27.5. The quantitative estimate of drug-likeness (QED) is 0.157. The third-order valence-electron chi connectivity index (χ3n) is 7.22. The first-order valence-corrected chi connectivity index (χ1v) is 16.1. The van der Waals surface area contributed by atoms with Gasteiger partial charge >= 0.3 is 0 Å². The number of benzene rings is 1. The van der Waals surface area contributed by atoms with Gasteiger partial charge in [0, 0.05) is 24.1 Å². The Morgan fingerprint density at radius 3 is 2.38 bits per heavy atom. The number of thioether (sulfide) groups is 1. The molecule has 3 amide bonds. The third-order valence-corrected chi connectivity index (χ3v) is 12.8. The molecule has 0 aromatic heterocycles. The molecule has 0 saturated carbocycles. The highest BCUT2D eigenvalue weighted by Gasteiger charge is 2.56. The number of azide groups is 1. The van der Waals surface area contributed by atoms with E-state index in [0.717, 1.165) is 4.90 Å². The maximum absolute atomic E-state index is 13.5. The van der Waals surface area contributed by atoms with Gasteiger partial charge in [-0.15, -0.1) is 11.8 Å². The lowest BCUT2D eigenvalue weighted by Crippen LogP contribution is -2.67. The van der Waals surface area contributed by atoms with Crippen LogP contribution in [0, 0.1) is 0 Å². The first-order chi connectivity index (χ1) is 17.3. The van der Waals surface area contributed by atoms with E-state index in [0.29, 0.717) is 5.75 Å². The third kappa shape index (κ3) is 6.02. The number of rotatable bonds is 9. The SMILES string of the molecule is CNC(=O)CCS[C@@H]1O[C@H](CN=[N+]=[N-])[C@@H](O)[C@H](O[Si](C)(C)C(C)(C)C)[C@H]1N1C(=O)c2ccccc2C1=O. The molecule has 5 atom stereocenters. The maximum Gasteiger partial charge on any atom is 0.262 e. The zero-order valence-electron chi connectivity index (χ0n) is 22.0. The second-order valence-corrected chi connectivity index (χ2v) is 16.6. The van der Waals surface area contributed by atoms with E-state index in [1.807, 2.05) is 13.1 Å². The van der Waals surface area contributed by atoms with Crippen LogP contribution in [-0.2, 0) is 14.0 Å². The Kier molecular flexibility index (Phi) is 9.09. The Balaban J connectivity index is 2.07. The van der Waals surface area contributed by atoms with Crippen molar-refractivity contribution in [3.63, 3.8) is 0 Å². The molecular formula is C24H35N5O6SSi. The van der Waals surface area contributed by atoms with Crippen molar-refractivity contribution in [3.05, 3.63) is 45.8 Å². The van der Waals surface area contributed by atoms with E-state index in [1.165, 1.54) is 11.8 Å². The van der Waals surface area contributed by atoms with E-state index in [9.17, 15) is 19.5 Å². The molecule has 0 bridgehead atoms. The molecule has 0 radical (unpaired) electrons. The van der Waals surface area contributed by atoms with Crippen LogP contribution in [0.3, 0.4) is 0 Å². The van der Waals surface area contributed by atoms with Gasteiger partial charge in [-0.3, -0.25) is 19.3 Å². The second kappa shape index (κ2) is 11.5. The van der Waals surface area contributed by atoms with E-state index in [-0.39, 0.29) is 35.0 Å². The van der Waals surface area contributed by atoms with E-state index in [4.69, 9.17) is 14.7 Å². The van der Waals surface area contributed by atoms with Gasteiger partial charge in [-0.2, -0.15) is 0 Å². The van der Waals surface area contributed by atoms with Gasteiger partial charge in [-0.1, -0.05) is 38.0 Å². The summed E-state index contributed by atoms with van der Waals surface area (Å²) in [7, 11) is -0.995. The van der Waals surface area contributed by atoms with E-state index < -0.39 is 49.9 Å². The van der Waals surface area contributed by atoms with Crippen molar-refractivity contribution in [2.45, 2.75) is 75.1 Å². The number of aliphatic hydroxyl groups excluding tert-OH is 1. The van der Waals surface area contributed by atoms with Gasteiger partial charge in [0.15, 0.2) is 8.32 Å². The van der Waals surface area contributed by atoms with Crippen LogP contribution in [0.1, 0.15) is 47.9 Å². The fraction of sp³-hybridized carbons (Fsp3) is 0.625. The first kappa shape index (κ1) is 29.1. The Labute approximate surface area is 222 Å². The van der Waals surface area contributed by atoms with Crippen LogP contribution >= 0.6 is 11.8 Å². The number of hydrogen-bond donors (Lipinski definition) is 2.